The molecule has 0 unspecified atom stereocenters. The maximum atomic E-state index is 11.7. The van der Waals surface area contributed by atoms with Crippen LogP contribution in [0, 0.1) is 6.92 Å². The van der Waals surface area contributed by atoms with Gasteiger partial charge in [-0.25, -0.2) is 13.2 Å². The van der Waals surface area contributed by atoms with Gasteiger partial charge < -0.3 is 15.4 Å². The highest BCUT2D eigenvalue weighted by atomic mass is 32.2. The van der Waals surface area contributed by atoms with Crippen molar-refractivity contribution < 1.29 is 17.9 Å². The van der Waals surface area contributed by atoms with E-state index in [1.165, 1.54) is 12.1 Å². The molecule has 0 spiro atoms. The molecular formula is C14H22N2O4S. The smallest absolute Gasteiger partial charge is 0.319 e. The number of amides is 2. The van der Waals surface area contributed by atoms with Gasteiger partial charge in [-0.15, -0.1) is 0 Å². The summed E-state index contributed by atoms with van der Waals surface area (Å²) in [5, 5.41) is 5.35. The van der Waals surface area contributed by atoms with Crippen molar-refractivity contribution in [3.8, 4) is 0 Å². The van der Waals surface area contributed by atoms with E-state index in [9.17, 15) is 13.2 Å². The van der Waals surface area contributed by atoms with Gasteiger partial charge in [-0.05, 0) is 38.0 Å². The first kappa shape index (κ1) is 17.5. The number of carbonyl (C=O) groups is 1. The third-order valence-corrected chi connectivity index (χ3v) is 3.95. The molecule has 0 fully saturated rings. The van der Waals surface area contributed by atoms with Crippen LogP contribution in [-0.2, 0) is 14.6 Å². The molecule has 1 rings (SSSR count). The lowest BCUT2D eigenvalue weighted by atomic mass is 10.2. The van der Waals surface area contributed by atoms with Crippen molar-refractivity contribution in [2.45, 2.75) is 25.2 Å². The van der Waals surface area contributed by atoms with Gasteiger partial charge in [0, 0.05) is 31.7 Å². The highest BCUT2D eigenvalue weighted by Gasteiger charge is 2.11. The monoisotopic (exact) mass is 314 g/mol. The molecule has 118 valence electrons. The van der Waals surface area contributed by atoms with E-state index in [2.05, 4.69) is 10.6 Å². The van der Waals surface area contributed by atoms with Gasteiger partial charge in [-0.2, -0.15) is 0 Å². The van der Waals surface area contributed by atoms with Gasteiger partial charge in [0.25, 0.3) is 0 Å². The number of hydrogen-bond donors (Lipinski definition) is 2. The van der Waals surface area contributed by atoms with E-state index in [0.717, 1.165) is 18.2 Å². The normalized spacial score (nSPS) is 11.2. The number of carbonyl (C=O) groups excluding carboxylic acids is 1. The molecule has 0 saturated carbocycles. The minimum absolute atomic E-state index is 0.180. The summed E-state index contributed by atoms with van der Waals surface area (Å²) in [5.74, 6) is 0. The molecule has 2 N–H and O–H groups in total. The van der Waals surface area contributed by atoms with E-state index in [-0.39, 0.29) is 10.9 Å². The minimum atomic E-state index is -3.29. The molecule has 0 aliphatic rings. The first-order valence-corrected chi connectivity index (χ1v) is 8.67. The third kappa shape index (κ3) is 6.14. The molecule has 0 aliphatic heterocycles. The second-order valence-corrected chi connectivity index (χ2v) is 6.70. The van der Waals surface area contributed by atoms with Crippen molar-refractivity contribution in [3.63, 3.8) is 0 Å². The highest BCUT2D eigenvalue weighted by Crippen LogP contribution is 2.20. The Morgan fingerprint density at radius 1 is 1.33 bits per heavy atom. The average Bonchev–Trinajstić information content (AvgIpc) is 2.40. The molecule has 2 amide bonds. The summed E-state index contributed by atoms with van der Waals surface area (Å²) in [7, 11) is -3.29. The lowest BCUT2D eigenvalue weighted by molar-refractivity contribution is 0.145. The molecule has 6 nitrogen and oxygen atoms in total. The van der Waals surface area contributed by atoms with E-state index < -0.39 is 9.84 Å². The third-order valence-electron chi connectivity index (χ3n) is 2.84. The van der Waals surface area contributed by atoms with Crippen LogP contribution >= 0.6 is 0 Å². The highest BCUT2D eigenvalue weighted by molar-refractivity contribution is 7.90. The Bertz CT molecular complexity index is 585. The van der Waals surface area contributed by atoms with Gasteiger partial charge in [-0.1, -0.05) is 6.07 Å². The second kappa shape index (κ2) is 7.99. The van der Waals surface area contributed by atoms with Gasteiger partial charge in [0.15, 0.2) is 9.84 Å². The van der Waals surface area contributed by atoms with Crippen LogP contribution in [0.3, 0.4) is 0 Å². The van der Waals surface area contributed by atoms with Crippen molar-refractivity contribution in [2.24, 2.45) is 0 Å². The van der Waals surface area contributed by atoms with Gasteiger partial charge in [0.2, 0.25) is 0 Å². The van der Waals surface area contributed by atoms with E-state index in [1.807, 2.05) is 6.92 Å². The van der Waals surface area contributed by atoms with E-state index in [1.54, 1.807) is 13.0 Å². The topological polar surface area (TPSA) is 84.5 Å². The van der Waals surface area contributed by atoms with Crippen LogP contribution in [0.25, 0.3) is 0 Å². The number of aryl methyl sites for hydroxylation is 1. The summed E-state index contributed by atoms with van der Waals surface area (Å²) in [6.07, 6.45) is 1.86. The summed E-state index contributed by atoms with van der Waals surface area (Å²) in [5.41, 5.74) is 1.28. The van der Waals surface area contributed by atoms with Gasteiger partial charge in [0.1, 0.15) is 0 Å². The van der Waals surface area contributed by atoms with Crippen molar-refractivity contribution in [1.29, 1.82) is 0 Å². The van der Waals surface area contributed by atoms with Crippen LogP contribution in [0.2, 0.25) is 0 Å². The van der Waals surface area contributed by atoms with Crippen LogP contribution in [-0.4, -0.2) is 40.5 Å². The summed E-state index contributed by atoms with van der Waals surface area (Å²) >= 11 is 0. The molecule has 0 aliphatic carbocycles. The Morgan fingerprint density at radius 3 is 2.67 bits per heavy atom. The zero-order valence-corrected chi connectivity index (χ0v) is 13.4. The number of hydrogen-bond acceptors (Lipinski definition) is 4. The number of ether oxygens (including phenoxy) is 1. The molecule has 1 aromatic rings. The first-order valence-electron chi connectivity index (χ1n) is 6.78. The summed E-state index contributed by atoms with van der Waals surface area (Å²) in [6, 6.07) is 4.29. The van der Waals surface area contributed by atoms with Crippen LogP contribution in [0.15, 0.2) is 23.1 Å². The second-order valence-electron chi connectivity index (χ2n) is 4.68. The SMILES string of the molecule is CCOCCCNC(=O)Nc1cc(S(C)(=O)=O)ccc1C. The molecule has 0 heterocycles. The maximum absolute atomic E-state index is 11.7. The maximum Gasteiger partial charge on any atom is 0.319 e. The fraction of sp³-hybridized carbons (Fsp3) is 0.500. The quantitative estimate of drug-likeness (QED) is 0.753. The van der Waals surface area contributed by atoms with E-state index in [0.29, 0.717) is 25.4 Å². The number of anilines is 1. The molecule has 0 atom stereocenters. The molecule has 21 heavy (non-hydrogen) atoms. The van der Waals surface area contributed by atoms with Crippen LogP contribution in [0.5, 0.6) is 0 Å². The van der Waals surface area contributed by atoms with Crippen LogP contribution in [0.4, 0.5) is 10.5 Å². The van der Waals surface area contributed by atoms with Crippen molar-refractivity contribution >= 4 is 21.6 Å². The average molecular weight is 314 g/mol. The summed E-state index contributed by atoms with van der Waals surface area (Å²) in [6.45, 7) is 5.47. The van der Waals surface area contributed by atoms with Crippen molar-refractivity contribution in [2.75, 3.05) is 31.3 Å². The van der Waals surface area contributed by atoms with Gasteiger partial charge in [0.05, 0.1) is 4.90 Å². The largest absolute Gasteiger partial charge is 0.382 e. The van der Waals surface area contributed by atoms with Crippen LogP contribution in [0.1, 0.15) is 18.9 Å². The lowest BCUT2D eigenvalue weighted by Gasteiger charge is -2.11. The number of urea groups is 1. The summed E-state index contributed by atoms with van der Waals surface area (Å²) < 4.78 is 28.2. The standard InChI is InChI=1S/C14H22N2O4S/c1-4-20-9-5-8-15-14(17)16-13-10-12(21(3,18)19)7-6-11(13)2/h6-7,10H,4-5,8-9H2,1-3H3,(H2,15,16,17). The Balaban J connectivity index is 2.59. The molecular weight excluding hydrogens is 292 g/mol. The lowest BCUT2D eigenvalue weighted by Crippen LogP contribution is -2.30. The Labute approximate surface area is 125 Å². The molecule has 0 aromatic heterocycles. The minimum Gasteiger partial charge on any atom is -0.382 e. The molecule has 0 radical (unpaired) electrons. The first-order chi connectivity index (χ1) is 9.84. The Kier molecular flexibility index (Phi) is 6.64. The fourth-order valence-electron chi connectivity index (χ4n) is 1.65. The molecule has 1 aromatic carbocycles. The molecule has 0 bridgehead atoms. The summed E-state index contributed by atoms with van der Waals surface area (Å²) in [4.78, 5) is 11.9. The molecule has 0 saturated heterocycles. The van der Waals surface area contributed by atoms with Crippen LogP contribution < -0.4 is 10.6 Å². The predicted molar refractivity (Wildman–Crippen MR) is 82.4 cm³/mol. The Hall–Kier alpha value is -1.60. The number of rotatable bonds is 7. The predicted octanol–water partition coefficient (Wildman–Crippen LogP) is 1.95. The number of benzene rings is 1. The fourth-order valence-corrected chi connectivity index (χ4v) is 2.30. The zero-order valence-electron chi connectivity index (χ0n) is 12.6. The van der Waals surface area contributed by atoms with E-state index in [4.69, 9.17) is 4.74 Å². The van der Waals surface area contributed by atoms with Crippen molar-refractivity contribution in [1.82, 2.24) is 5.32 Å². The zero-order chi connectivity index (χ0) is 15.9. The van der Waals surface area contributed by atoms with Gasteiger partial charge >= 0.3 is 6.03 Å². The van der Waals surface area contributed by atoms with E-state index >= 15 is 0 Å². The number of nitrogens with one attached hydrogen (secondary N) is 2. The van der Waals surface area contributed by atoms with Gasteiger partial charge in [-0.3, -0.25) is 0 Å². The Morgan fingerprint density at radius 2 is 2.05 bits per heavy atom. The van der Waals surface area contributed by atoms with Crippen molar-refractivity contribution in [3.05, 3.63) is 23.8 Å². The number of sulfone groups is 1. The molecule has 7 heteroatoms.